The third-order valence-electron chi connectivity index (χ3n) is 10.00. The molecule has 9 rings (SSSR count). The van der Waals surface area contributed by atoms with Crippen LogP contribution in [0.1, 0.15) is 30.0 Å². The van der Waals surface area contributed by atoms with Crippen molar-refractivity contribution in [3.63, 3.8) is 0 Å². The van der Waals surface area contributed by atoms with Crippen LogP contribution in [0.5, 0.6) is 0 Å². The third-order valence-corrected chi connectivity index (χ3v) is 10.00. The van der Waals surface area contributed by atoms with Crippen molar-refractivity contribution in [2.24, 2.45) is 16.8 Å². The highest BCUT2D eigenvalue weighted by Gasteiger charge is 2.39. The largest absolute Gasteiger partial charge is 0.455 e. The molecule has 1 aromatic heterocycles. The Balaban J connectivity index is 1.20. The van der Waals surface area contributed by atoms with Gasteiger partial charge in [-0.15, -0.1) is 0 Å². The van der Waals surface area contributed by atoms with Crippen LogP contribution in [0, 0.1) is 11.8 Å². The molecule has 2 atom stereocenters. The lowest BCUT2D eigenvalue weighted by atomic mass is 9.97. The minimum atomic E-state index is 0.397. The first-order valence-corrected chi connectivity index (χ1v) is 17.0. The first-order valence-electron chi connectivity index (χ1n) is 17.0. The molecule has 0 bridgehead atoms. The Morgan fingerprint density at radius 2 is 1.38 bits per heavy atom. The normalized spacial score (nSPS) is 16.7. The number of nitrogens with zero attached hydrogens (tertiary/aromatic N) is 1. The monoisotopic (exact) mass is 617 g/mol. The maximum absolute atomic E-state index is 6.60. The lowest BCUT2D eigenvalue weighted by molar-refractivity contribution is 0.672. The standard InChI is InChI=1S/C46H35NO/c1-30-28-41(30)45(39-16-9-17-43-44(39)40-26-25-35-13-7-8-15-38(35)46(40)48-43)47-42(27-19-31-18-20-33-12-5-6-14-37(33)29-31)36-23-21-34(22-24-36)32-10-3-2-4-11-32/h2-18,20-27,29-30,41H,19,28H2,1H3/b42-27-,47-45?. The molecule has 0 aliphatic heterocycles. The van der Waals surface area contributed by atoms with E-state index >= 15 is 0 Å². The van der Waals surface area contributed by atoms with Crippen molar-refractivity contribution < 1.29 is 4.42 Å². The summed E-state index contributed by atoms with van der Waals surface area (Å²) in [4.78, 5) is 5.64. The van der Waals surface area contributed by atoms with E-state index in [1.807, 2.05) is 0 Å². The summed E-state index contributed by atoms with van der Waals surface area (Å²) < 4.78 is 6.60. The van der Waals surface area contributed by atoms with Crippen LogP contribution in [0.4, 0.5) is 0 Å². The molecule has 7 aromatic carbocycles. The van der Waals surface area contributed by atoms with Crippen LogP contribution >= 0.6 is 0 Å². The molecule has 48 heavy (non-hydrogen) atoms. The molecular formula is C46H35NO. The molecular weight excluding hydrogens is 583 g/mol. The van der Waals surface area contributed by atoms with E-state index in [4.69, 9.17) is 9.41 Å². The number of furan rings is 1. The lowest BCUT2D eigenvalue weighted by Gasteiger charge is -2.12. The van der Waals surface area contributed by atoms with E-state index in [9.17, 15) is 0 Å². The van der Waals surface area contributed by atoms with Gasteiger partial charge in [0.25, 0.3) is 0 Å². The second-order valence-electron chi connectivity index (χ2n) is 13.2. The molecule has 0 spiro atoms. The van der Waals surface area contributed by atoms with Crippen molar-refractivity contribution in [1.82, 2.24) is 0 Å². The molecule has 0 saturated heterocycles. The number of hydrogen-bond donors (Lipinski definition) is 0. The number of fused-ring (bicyclic) bond motifs is 6. The summed E-state index contributed by atoms with van der Waals surface area (Å²) in [5.74, 6) is 0.980. The molecule has 0 N–H and O–H groups in total. The van der Waals surface area contributed by atoms with Crippen LogP contribution in [0.15, 0.2) is 167 Å². The Kier molecular flexibility index (Phi) is 7.01. The first-order chi connectivity index (χ1) is 23.7. The fourth-order valence-corrected chi connectivity index (χ4v) is 7.22. The average Bonchev–Trinajstić information content (AvgIpc) is 3.74. The zero-order chi connectivity index (χ0) is 32.0. The molecule has 1 aliphatic carbocycles. The molecule has 1 fully saturated rings. The van der Waals surface area contributed by atoms with E-state index < -0.39 is 0 Å². The summed E-state index contributed by atoms with van der Waals surface area (Å²) in [6.45, 7) is 2.34. The van der Waals surface area contributed by atoms with E-state index in [0.717, 1.165) is 57.1 Å². The fourth-order valence-electron chi connectivity index (χ4n) is 7.22. The fraction of sp³-hybridized carbons (Fsp3) is 0.109. The molecule has 1 aliphatic rings. The molecule has 1 saturated carbocycles. The number of hydrogen-bond acceptors (Lipinski definition) is 2. The van der Waals surface area contributed by atoms with Crippen LogP contribution in [-0.4, -0.2) is 5.71 Å². The predicted molar refractivity (Wildman–Crippen MR) is 203 cm³/mol. The Hall–Kier alpha value is -5.73. The number of rotatable bonds is 7. The van der Waals surface area contributed by atoms with Gasteiger partial charge in [0.05, 0.1) is 11.4 Å². The summed E-state index contributed by atoms with van der Waals surface area (Å²) >= 11 is 0. The van der Waals surface area contributed by atoms with Gasteiger partial charge in [0.2, 0.25) is 0 Å². The van der Waals surface area contributed by atoms with Crippen LogP contribution in [0.2, 0.25) is 0 Å². The number of aliphatic imine (C=N–C) groups is 1. The molecule has 1 heterocycles. The predicted octanol–water partition coefficient (Wildman–Crippen LogP) is 12.3. The van der Waals surface area contributed by atoms with E-state index in [0.29, 0.717) is 11.8 Å². The van der Waals surface area contributed by atoms with Crippen LogP contribution in [0.3, 0.4) is 0 Å². The molecule has 2 heteroatoms. The Morgan fingerprint density at radius 3 is 2.19 bits per heavy atom. The minimum Gasteiger partial charge on any atom is -0.455 e. The molecule has 2 unspecified atom stereocenters. The van der Waals surface area contributed by atoms with Gasteiger partial charge in [-0.1, -0.05) is 153 Å². The zero-order valence-corrected chi connectivity index (χ0v) is 26.9. The molecule has 230 valence electrons. The second-order valence-corrected chi connectivity index (χ2v) is 13.2. The minimum absolute atomic E-state index is 0.397. The Labute approximate surface area is 280 Å². The zero-order valence-electron chi connectivity index (χ0n) is 26.9. The summed E-state index contributed by atoms with van der Waals surface area (Å²) in [5.41, 5.74) is 10.0. The highest BCUT2D eigenvalue weighted by atomic mass is 16.3. The SMILES string of the molecule is CC1CC1C(=N/C(=C\Cc1ccc2ccccc2c1)c1ccc(-c2ccccc2)cc1)c1cccc2oc3c4ccccc4ccc3c12. The van der Waals surface area contributed by atoms with Gasteiger partial charge >= 0.3 is 0 Å². The van der Waals surface area contributed by atoms with Crippen molar-refractivity contribution in [2.75, 3.05) is 0 Å². The van der Waals surface area contributed by atoms with E-state index in [-0.39, 0.29) is 0 Å². The quantitative estimate of drug-likeness (QED) is 0.163. The highest BCUT2D eigenvalue weighted by molar-refractivity contribution is 6.23. The van der Waals surface area contributed by atoms with Crippen LogP contribution < -0.4 is 0 Å². The second kappa shape index (κ2) is 11.8. The van der Waals surface area contributed by atoms with E-state index in [1.54, 1.807) is 0 Å². The van der Waals surface area contributed by atoms with E-state index in [1.165, 1.54) is 38.4 Å². The molecule has 0 amide bonds. The molecule has 0 radical (unpaired) electrons. The van der Waals surface area contributed by atoms with Crippen molar-refractivity contribution in [3.05, 3.63) is 174 Å². The van der Waals surface area contributed by atoms with Crippen molar-refractivity contribution in [3.8, 4) is 11.1 Å². The summed E-state index contributed by atoms with van der Waals surface area (Å²) in [7, 11) is 0. The highest BCUT2D eigenvalue weighted by Crippen LogP contribution is 2.45. The lowest BCUT2D eigenvalue weighted by Crippen LogP contribution is -2.06. The van der Waals surface area contributed by atoms with E-state index in [2.05, 4.69) is 165 Å². The van der Waals surface area contributed by atoms with Gasteiger partial charge in [-0.2, -0.15) is 0 Å². The average molecular weight is 618 g/mol. The van der Waals surface area contributed by atoms with Gasteiger partial charge in [0.15, 0.2) is 0 Å². The van der Waals surface area contributed by atoms with Crippen LogP contribution in [-0.2, 0) is 6.42 Å². The summed E-state index contributed by atoms with van der Waals surface area (Å²) in [5, 5.41) is 7.16. The van der Waals surface area contributed by atoms with Gasteiger partial charge < -0.3 is 4.42 Å². The Morgan fingerprint density at radius 1 is 0.667 bits per heavy atom. The number of allylic oxidation sites excluding steroid dienone is 1. The topological polar surface area (TPSA) is 25.5 Å². The maximum Gasteiger partial charge on any atom is 0.143 e. The van der Waals surface area contributed by atoms with Crippen LogP contribution in [0.25, 0.3) is 60.3 Å². The third kappa shape index (κ3) is 5.20. The van der Waals surface area contributed by atoms with Gasteiger partial charge in [0.1, 0.15) is 11.2 Å². The maximum atomic E-state index is 6.60. The Bertz CT molecular complexity index is 2520. The number of benzene rings is 7. The van der Waals surface area contributed by atoms with Gasteiger partial charge in [-0.25, -0.2) is 0 Å². The summed E-state index contributed by atoms with van der Waals surface area (Å²) in [6.07, 6.45) is 4.25. The molecule has 8 aromatic rings. The molecule has 2 nitrogen and oxygen atoms in total. The first kappa shape index (κ1) is 28.5. The van der Waals surface area contributed by atoms with Gasteiger partial charge in [-0.3, -0.25) is 4.99 Å². The van der Waals surface area contributed by atoms with Crippen molar-refractivity contribution in [1.29, 1.82) is 0 Å². The van der Waals surface area contributed by atoms with Gasteiger partial charge in [0, 0.05) is 27.6 Å². The summed E-state index contributed by atoms with van der Waals surface area (Å²) in [6, 6.07) is 54.2. The smallest absolute Gasteiger partial charge is 0.143 e. The van der Waals surface area contributed by atoms with Crippen molar-refractivity contribution in [2.45, 2.75) is 19.8 Å². The van der Waals surface area contributed by atoms with Crippen molar-refractivity contribution >= 4 is 54.9 Å². The van der Waals surface area contributed by atoms with Gasteiger partial charge in [-0.05, 0) is 69.3 Å².